The number of likely N-dealkylation sites (tertiary alicyclic amines) is 1. The zero-order chi connectivity index (χ0) is 21.0. The van der Waals surface area contributed by atoms with Gasteiger partial charge in [0.1, 0.15) is 11.5 Å². The quantitative estimate of drug-likeness (QED) is 0.710. The van der Waals surface area contributed by atoms with Gasteiger partial charge in [-0.05, 0) is 19.1 Å². The van der Waals surface area contributed by atoms with Gasteiger partial charge in [-0.25, -0.2) is 4.98 Å². The molecule has 0 radical (unpaired) electrons. The summed E-state index contributed by atoms with van der Waals surface area (Å²) < 4.78 is 16.8. The van der Waals surface area contributed by atoms with E-state index in [0.29, 0.717) is 44.9 Å². The van der Waals surface area contributed by atoms with Crippen LogP contribution in [-0.2, 0) is 20.8 Å². The Morgan fingerprint density at radius 3 is 2.57 bits per heavy atom. The first-order chi connectivity index (χ1) is 14.5. The van der Waals surface area contributed by atoms with Gasteiger partial charge in [0.05, 0.1) is 37.9 Å². The summed E-state index contributed by atoms with van der Waals surface area (Å²) in [6.07, 6.45) is 6.14. The van der Waals surface area contributed by atoms with Crippen molar-refractivity contribution in [3.8, 4) is 0 Å². The Balaban J connectivity index is 1.37. The molecule has 0 N–H and O–H groups in total. The number of hydrogen-bond acceptors (Lipinski definition) is 7. The maximum Gasteiger partial charge on any atom is 0.274 e. The number of aryl methyl sites for hydroxylation is 1. The number of amides is 2. The number of nitrogens with zero attached hydrogens (tertiary/aromatic N) is 4. The molecule has 2 saturated heterocycles. The Hall–Kier alpha value is -2.78. The van der Waals surface area contributed by atoms with E-state index in [1.165, 1.54) is 6.20 Å². The summed E-state index contributed by atoms with van der Waals surface area (Å²) in [5.41, 5.74) is 0.979. The lowest BCUT2D eigenvalue weighted by molar-refractivity contribution is -0.187. The van der Waals surface area contributed by atoms with Crippen molar-refractivity contribution in [2.24, 2.45) is 0 Å². The van der Waals surface area contributed by atoms with E-state index in [4.69, 9.17) is 13.9 Å². The highest BCUT2D eigenvalue weighted by Gasteiger charge is 2.40. The standard InChI is InChI=1S/C21H26N4O5/c1-16-13-23-18(14-22-16)20(27)25(15-17-3-2-10-28-17)7-4-19(26)24-8-5-21(6-9-24)29-11-12-30-21/h2-3,10,13-14H,4-9,11-12,15H2,1H3. The van der Waals surface area contributed by atoms with Crippen LogP contribution in [0.25, 0.3) is 0 Å². The minimum atomic E-state index is -0.512. The van der Waals surface area contributed by atoms with E-state index in [1.54, 1.807) is 29.5 Å². The predicted octanol–water partition coefficient (Wildman–Crippen LogP) is 1.78. The molecular weight excluding hydrogens is 388 g/mol. The fourth-order valence-corrected chi connectivity index (χ4v) is 3.78. The SMILES string of the molecule is Cc1cnc(C(=O)N(CCC(=O)N2CCC3(CC2)OCCO3)Cc2ccco2)cn1. The van der Waals surface area contributed by atoms with Gasteiger partial charge in [-0.2, -0.15) is 0 Å². The summed E-state index contributed by atoms with van der Waals surface area (Å²) >= 11 is 0. The molecule has 2 fully saturated rings. The molecule has 0 aromatic carbocycles. The molecule has 4 rings (SSSR count). The minimum absolute atomic E-state index is 0.00934. The van der Waals surface area contributed by atoms with Crippen molar-refractivity contribution in [2.75, 3.05) is 32.8 Å². The highest BCUT2D eigenvalue weighted by Crippen LogP contribution is 2.31. The Labute approximate surface area is 175 Å². The van der Waals surface area contributed by atoms with Gasteiger partial charge in [0.15, 0.2) is 5.79 Å². The Morgan fingerprint density at radius 1 is 1.17 bits per heavy atom. The largest absolute Gasteiger partial charge is 0.467 e. The molecule has 2 aliphatic heterocycles. The summed E-state index contributed by atoms with van der Waals surface area (Å²) in [6.45, 7) is 4.75. The summed E-state index contributed by atoms with van der Waals surface area (Å²) in [4.78, 5) is 37.5. The maximum atomic E-state index is 13.0. The van der Waals surface area contributed by atoms with E-state index >= 15 is 0 Å². The van der Waals surface area contributed by atoms with Crippen molar-refractivity contribution in [3.63, 3.8) is 0 Å². The van der Waals surface area contributed by atoms with Crippen molar-refractivity contribution in [1.29, 1.82) is 0 Å². The molecule has 0 unspecified atom stereocenters. The van der Waals surface area contributed by atoms with Crippen LogP contribution in [0.3, 0.4) is 0 Å². The molecule has 0 bridgehead atoms. The van der Waals surface area contributed by atoms with Crippen LogP contribution in [0.15, 0.2) is 35.2 Å². The van der Waals surface area contributed by atoms with E-state index < -0.39 is 5.79 Å². The summed E-state index contributed by atoms with van der Waals surface area (Å²) in [5.74, 6) is -0.138. The summed E-state index contributed by atoms with van der Waals surface area (Å²) in [7, 11) is 0. The molecule has 0 atom stereocenters. The molecule has 9 nitrogen and oxygen atoms in total. The average molecular weight is 414 g/mol. The molecule has 160 valence electrons. The minimum Gasteiger partial charge on any atom is -0.467 e. The first kappa shape index (κ1) is 20.5. The molecule has 2 aliphatic rings. The third kappa shape index (κ3) is 4.68. The van der Waals surface area contributed by atoms with Crippen LogP contribution in [0.5, 0.6) is 0 Å². The molecule has 2 aromatic rings. The molecule has 2 amide bonds. The number of ether oxygens (including phenoxy) is 2. The number of carbonyl (C=O) groups is 2. The van der Waals surface area contributed by atoms with Crippen LogP contribution in [0.2, 0.25) is 0 Å². The van der Waals surface area contributed by atoms with Gasteiger partial charge >= 0.3 is 0 Å². The lowest BCUT2D eigenvalue weighted by atomic mass is 10.0. The summed E-state index contributed by atoms with van der Waals surface area (Å²) in [5, 5.41) is 0. The van der Waals surface area contributed by atoms with Crippen LogP contribution in [0.1, 0.15) is 41.2 Å². The Bertz CT molecular complexity index is 852. The Kier molecular flexibility index (Phi) is 6.10. The number of hydrogen-bond donors (Lipinski definition) is 0. The number of rotatable bonds is 6. The molecular formula is C21H26N4O5. The van der Waals surface area contributed by atoms with Crippen molar-refractivity contribution in [1.82, 2.24) is 19.8 Å². The predicted molar refractivity (Wildman–Crippen MR) is 105 cm³/mol. The Morgan fingerprint density at radius 2 is 1.93 bits per heavy atom. The van der Waals surface area contributed by atoms with Gasteiger partial charge in [-0.3, -0.25) is 14.6 Å². The molecule has 4 heterocycles. The van der Waals surface area contributed by atoms with Crippen LogP contribution < -0.4 is 0 Å². The average Bonchev–Trinajstić information content (AvgIpc) is 3.44. The highest BCUT2D eigenvalue weighted by molar-refractivity contribution is 5.92. The van der Waals surface area contributed by atoms with E-state index in [9.17, 15) is 9.59 Å². The van der Waals surface area contributed by atoms with Crippen molar-refractivity contribution >= 4 is 11.8 Å². The van der Waals surface area contributed by atoms with Gasteiger partial charge in [0.25, 0.3) is 5.91 Å². The van der Waals surface area contributed by atoms with E-state index in [2.05, 4.69) is 9.97 Å². The lowest BCUT2D eigenvalue weighted by Crippen LogP contribution is -2.48. The zero-order valence-corrected chi connectivity index (χ0v) is 17.1. The molecule has 9 heteroatoms. The number of aromatic nitrogens is 2. The second-order valence-corrected chi connectivity index (χ2v) is 7.59. The third-order valence-corrected chi connectivity index (χ3v) is 5.50. The van der Waals surface area contributed by atoms with Crippen molar-refractivity contribution in [2.45, 2.75) is 38.5 Å². The van der Waals surface area contributed by atoms with Gasteiger partial charge in [0.2, 0.25) is 5.91 Å². The van der Waals surface area contributed by atoms with Gasteiger partial charge in [0, 0.05) is 45.1 Å². The van der Waals surface area contributed by atoms with E-state index in [1.807, 2.05) is 11.8 Å². The normalized spacial score (nSPS) is 18.0. The van der Waals surface area contributed by atoms with E-state index in [-0.39, 0.29) is 37.0 Å². The van der Waals surface area contributed by atoms with Crippen molar-refractivity contribution < 1.29 is 23.5 Å². The monoisotopic (exact) mass is 414 g/mol. The molecule has 0 aliphatic carbocycles. The number of furan rings is 1. The molecule has 30 heavy (non-hydrogen) atoms. The van der Waals surface area contributed by atoms with Crippen LogP contribution in [0, 0.1) is 6.92 Å². The highest BCUT2D eigenvalue weighted by atomic mass is 16.7. The topological polar surface area (TPSA) is 98.0 Å². The first-order valence-corrected chi connectivity index (χ1v) is 10.2. The second kappa shape index (κ2) is 8.93. The molecule has 1 spiro atoms. The fraction of sp³-hybridized carbons (Fsp3) is 0.524. The second-order valence-electron chi connectivity index (χ2n) is 7.59. The van der Waals surface area contributed by atoms with Gasteiger partial charge in [-0.1, -0.05) is 0 Å². The number of carbonyl (C=O) groups excluding carboxylic acids is 2. The van der Waals surface area contributed by atoms with Crippen molar-refractivity contribution in [3.05, 3.63) is 47.9 Å². The van der Waals surface area contributed by atoms with Crippen LogP contribution in [-0.4, -0.2) is 70.2 Å². The fourth-order valence-electron chi connectivity index (χ4n) is 3.78. The zero-order valence-electron chi connectivity index (χ0n) is 17.1. The van der Waals surface area contributed by atoms with E-state index in [0.717, 1.165) is 5.69 Å². The number of piperidine rings is 1. The summed E-state index contributed by atoms with van der Waals surface area (Å²) in [6, 6.07) is 3.57. The lowest BCUT2D eigenvalue weighted by Gasteiger charge is -2.37. The molecule has 0 saturated carbocycles. The first-order valence-electron chi connectivity index (χ1n) is 10.2. The molecule has 2 aromatic heterocycles. The maximum absolute atomic E-state index is 13.0. The van der Waals surface area contributed by atoms with Gasteiger partial charge < -0.3 is 23.7 Å². The smallest absolute Gasteiger partial charge is 0.274 e. The third-order valence-electron chi connectivity index (χ3n) is 5.50. The van der Waals surface area contributed by atoms with Crippen LogP contribution >= 0.6 is 0 Å². The van der Waals surface area contributed by atoms with Crippen LogP contribution in [0.4, 0.5) is 0 Å². The van der Waals surface area contributed by atoms with Gasteiger partial charge in [-0.15, -0.1) is 0 Å².